The lowest BCUT2D eigenvalue weighted by Gasteiger charge is -2.10. The Morgan fingerprint density at radius 2 is 1.79 bits per heavy atom. The SMILES string of the molecule is Cc1ccc(C)c(NC(=O)/C(C#N)=C/c2ccc(OCc3ccc4ccccc4c3)c(Cl)c2)c1. The number of nitriles is 1. The van der Waals surface area contributed by atoms with Gasteiger partial charge in [-0.05, 0) is 77.2 Å². The van der Waals surface area contributed by atoms with Crippen LogP contribution >= 0.6 is 11.6 Å². The summed E-state index contributed by atoms with van der Waals surface area (Å²) in [5, 5.41) is 15.1. The van der Waals surface area contributed by atoms with Crippen molar-refractivity contribution in [3.8, 4) is 11.8 Å². The van der Waals surface area contributed by atoms with Gasteiger partial charge in [-0.1, -0.05) is 66.2 Å². The summed E-state index contributed by atoms with van der Waals surface area (Å²) in [6, 6.07) is 27.3. The number of benzene rings is 4. The first-order chi connectivity index (χ1) is 16.4. The van der Waals surface area contributed by atoms with Crippen molar-refractivity contribution in [2.75, 3.05) is 5.32 Å². The number of anilines is 1. The number of nitrogens with zero attached hydrogens (tertiary/aromatic N) is 1. The second-order valence-electron chi connectivity index (χ2n) is 8.10. The second-order valence-corrected chi connectivity index (χ2v) is 8.51. The van der Waals surface area contributed by atoms with Gasteiger partial charge in [0.05, 0.1) is 5.02 Å². The number of amides is 1. The summed E-state index contributed by atoms with van der Waals surface area (Å²) in [4.78, 5) is 12.7. The highest BCUT2D eigenvalue weighted by molar-refractivity contribution is 6.32. The molecule has 34 heavy (non-hydrogen) atoms. The summed E-state index contributed by atoms with van der Waals surface area (Å²) in [5.74, 6) is 0.0641. The average Bonchev–Trinajstić information content (AvgIpc) is 2.84. The van der Waals surface area contributed by atoms with E-state index in [0.717, 1.165) is 22.1 Å². The van der Waals surface area contributed by atoms with Crippen LogP contribution in [0.15, 0.2) is 84.4 Å². The van der Waals surface area contributed by atoms with Gasteiger partial charge in [-0.2, -0.15) is 5.26 Å². The van der Waals surface area contributed by atoms with Crippen LogP contribution in [0.2, 0.25) is 5.02 Å². The maximum atomic E-state index is 12.7. The van der Waals surface area contributed by atoms with Gasteiger partial charge in [0, 0.05) is 5.69 Å². The predicted molar refractivity (Wildman–Crippen MR) is 138 cm³/mol. The summed E-state index contributed by atoms with van der Waals surface area (Å²) in [6.45, 7) is 4.23. The van der Waals surface area contributed by atoms with Crippen LogP contribution in [-0.2, 0) is 11.4 Å². The maximum absolute atomic E-state index is 12.7. The van der Waals surface area contributed by atoms with Crippen molar-refractivity contribution >= 4 is 40.0 Å². The molecule has 5 heteroatoms. The molecule has 0 bridgehead atoms. The van der Waals surface area contributed by atoms with Gasteiger partial charge in [0.15, 0.2) is 0 Å². The molecule has 168 valence electrons. The maximum Gasteiger partial charge on any atom is 0.266 e. The Labute approximate surface area is 204 Å². The highest BCUT2D eigenvalue weighted by Crippen LogP contribution is 2.28. The lowest BCUT2D eigenvalue weighted by molar-refractivity contribution is -0.112. The molecule has 0 atom stereocenters. The molecule has 0 heterocycles. The van der Waals surface area contributed by atoms with Crippen molar-refractivity contribution in [3.05, 3.63) is 112 Å². The van der Waals surface area contributed by atoms with Crippen LogP contribution < -0.4 is 10.1 Å². The molecule has 0 radical (unpaired) electrons. The van der Waals surface area contributed by atoms with Gasteiger partial charge in [0.1, 0.15) is 24.0 Å². The van der Waals surface area contributed by atoms with Gasteiger partial charge >= 0.3 is 0 Å². The van der Waals surface area contributed by atoms with E-state index in [4.69, 9.17) is 16.3 Å². The molecule has 0 fully saturated rings. The fourth-order valence-corrected chi connectivity index (χ4v) is 3.83. The van der Waals surface area contributed by atoms with E-state index in [0.29, 0.717) is 28.6 Å². The van der Waals surface area contributed by atoms with Crippen LogP contribution in [0.4, 0.5) is 5.69 Å². The zero-order chi connectivity index (χ0) is 24.1. The number of rotatable bonds is 6. The van der Waals surface area contributed by atoms with E-state index in [1.165, 1.54) is 11.5 Å². The molecule has 0 unspecified atom stereocenters. The minimum Gasteiger partial charge on any atom is -0.487 e. The summed E-state index contributed by atoms with van der Waals surface area (Å²) in [6.07, 6.45) is 1.51. The number of halogens is 1. The summed E-state index contributed by atoms with van der Waals surface area (Å²) in [7, 11) is 0. The lowest BCUT2D eigenvalue weighted by atomic mass is 10.1. The highest BCUT2D eigenvalue weighted by atomic mass is 35.5. The molecule has 4 aromatic carbocycles. The van der Waals surface area contributed by atoms with Crippen LogP contribution in [0.25, 0.3) is 16.8 Å². The van der Waals surface area contributed by atoms with Crippen LogP contribution in [0.5, 0.6) is 5.75 Å². The van der Waals surface area contributed by atoms with Crippen molar-refractivity contribution in [2.24, 2.45) is 0 Å². The minimum atomic E-state index is -0.469. The van der Waals surface area contributed by atoms with E-state index in [9.17, 15) is 10.1 Å². The van der Waals surface area contributed by atoms with E-state index < -0.39 is 5.91 Å². The Kier molecular flexibility index (Phi) is 6.96. The van der Waals surface area contributed by atoms with Crippen molar-refractivity contribution in [3.63, 3.8) is 0 Å². The highest BCUT2D eigenvalue weighted by Gasteiger charge is 2.12. The molecule has 4 nitrogen and oxygen atoms in total. The van der Waals surface area contributed by atoms with Crippen LogP contribution in [0.1, 0.15) is 22.3 Å². The minimum absolute atomic E-state index is 0.0122. The van der Waals surface area contributed by atoms with E-state index in [1.807, 2.05) is 56.3 Å². The predicted octanol–water partition coefficient (Wildman–Crippen LogP) is 7.23. The molecule has 1 amide bonds. The summed E-state index contributed by atoms with van der Waals surface area (Å²) >= 11 is 6.43. The third kappa shape index (κ3) is 5.46. The number of carbonyl (C=O) groups is 1. The van der Waals surface area contributed by atoms with Crippen molar-refractivity contribution in [1.82, 2.24) is 0 Å². The fraction of sp³-hybridized carbons (Fsp3) is 0.103. The fourth-order valence-electron chi connectivity index (χ4n) is 3.59. The van der Waals surface area contributed by atoms with Gasteiger partial charge in [0.2, 0.25) is 0 Å². The number of fused-ring (bicyclic) bond motifs is 1. The molecule has 0 saturated heterocycles. The standard InChI is InChI=1S/C29H23ClN2O2/c1-19-7-8-20(2)27(13-19)32-29(33)25(17-31)14-21-10-12-28(26(30)16-21)34-18-22-9-11-23-5-3-4-6-24(23)15-22/h3-16H,18H2,1-2H3,(H,32,33)/b25-14+. The second kappa shape index (κ2) is 10.2. The number of carbonyl (C=O) groups excluding carboxylic acids is 1. The molecule has 0 aliphatic rings. The Hall–Kier alpha value is -4.07. The normalized spacial score (nSPS) is 11.2. The van der Waals surface area contributed by atoms with Gasteiger partial charge in [0.25, 0.3) is 5.91 Å². The third-order valence-corrected chi connectivity index (χ3v) is 5.78. The molecule has 4 rings (SSSR count). The van der Waals surface area contributed by atoms with Gasteiger partial charge in [-0.25, -0.2) is 0 Å². The van der Waals surface area contributed by atoms with E-state index in [-0.39, 0.29) is 5.57 Å². The smallest absolute Gasteiger partial charge is 0.266 e. The van der Waals surface area contributed by atoms with Gasteiger partial charge < -0.3 is 10.1 Å². The Bertz CT molecular complexity index is 1450. The Morgan fingerprint density at radius 3 is 2.56 bits per heavy atom. The lowest BCUT2D eigenvalue weighted by Crippen LogP contribution is -2.14. The number of hydrogen-bond donors (Lipinski definition) is 1. The quantitative estimate of drug-likeness (QED) is 0.241. The first-order valence-electron chi connectivity index (χ1n) is 10.8. The molecular weight excluding hydrogens is 444 g/mol. The van der Waals surface area contributed by atoms with E-state index in [1.54, 1.807) is 18.2 Å². The molecule has 0 spiro atoms. The molecule has 0 aromatic heterocycles. The number of hydrogen-bond acceptors (Lipinski definition) is 3. The van der Waals surface area contributed by atoms with Crippen LogP contribution in [0, 0.1) is 25.2 Å². The van der Waals surface area contributed by atoms with Crippen molar-refractivity contribution in [2.45, 2.75) is 20.5 Å². The molecule has 0 aliphatic carbocycles. The number of aryl methyl sites for hydroxylation is 2. The summed E-state index contributed by atoms with van der Waals surface area (Å²) < 4.78 is 5.91. The van der Waals surface area contributed by atoms with Gasteiger partial charge in [-0.3, -0.25) is 4.79 Å². The first kappa shape index (κ1) is 23.1. The van der Waals surface area contributed by atoms with Crippen molar-refractivity contribution in [1.29, 1.82) is 5.26 Å². The first-order valence-corrected chi connectivity index (χ1v) is 11.2. The van der Waals surface area contributed by atoms with Gasteiger partial charge in [-0.15, -0.1) is 0 Å². The summed E-state index contributed by atoms with van der Waals surface area (Å²) in [5.41, 5.74) is 4.29. The van der Waals surface area contributed by atoms with E-state index in [2.05, 4.69) is 29.6 Å². The molecule has 0 aliphatic heterocycles. The zero-order valence-corrected chi connectivity index (χ0v) is 19.7. The Balaban J connectivity index is 1.46. The Morgan fingerprint density at radius 1 is 1.00 bits per heavy atom. The topological polar surface area (TPSA) is 62.1 Å². The zero-order valence-electron chi connectivity index (χ0n) is 18.9. The molecule has 1 N–H and O–H groups in total. The molecule has 0 saturated carbocycles. The largest absolute Gasteiger partial charge is 0.487 e. The van der Waals surface area contributed by atoms with Crippen LogP contribution in [-0.4, -0.2) is 5.91 Å². The van der Waals surface area contributed by atoms with E-state index >= 15 is 0 Å². The number of ether oxygens (including phenoxy) is 1. The average molecular weight is 467 g/mol. The molecular formula is C29H23ClN2O2. The molecule has 4 aromatic rings. The third-order valence-electron chi connectivity index (χ3n) is 5.48. The van der Waals surface area contributed by atoms with Crippen molar-refractivity contribution < 1.29 is 9.53 Å². The number of nitrogens with one attached hydrogen (secondary N) is 1. The van der Waals surface area contributed by atoms with Crippen LogP contribution in [0.3, 0.4) is 0 Å². The monoisotopic (exact) mass is 466 g/mol.